The van der Waals surface area contributed by atoms with Gasteiger partial charge in [-0.15, -0.1) is 0 Å². The molecule has 0 saturated heterocycles. The van der Waals surface area contributed by atoms with E-state index in [1.807, 2.05) is 0 Å². The van der Waals surface area contributed by atoms with Crippen LogP contribution in [0.5, 0.6) is 0 Å². The summed E-state index contributed by atoms with van der Waals surface area (Å²) < 4.78 is 11.8. The Morgan fingerprint density at radius 2 is 2.05 bits per heavy atom. The van der Waals surface area contributed by atoms with Crippen molar-refractivity contribution >= 4 is 34.3 Å². The van der Waals surface area contributed by atoms with Crippen LogP contribution in [0.3, 0.4) is 0 Å². The molecule has 0 atom stereocenters. The standard InChI is InChI=1S/C15H19ClN2O3S/c1-20-7-3-6-18-14(19)12-5-4-11(16)10-13(12)17-15(18)22-9-8-21-2/h4-5,10H,3,6-9H2,1-2H3. The van der Waals surface area contributed by atoms with Gasteiger partial charge in [-0.05, 0) is 24.6 Å². The molecule has 0 radical (unpaired) electrons. The maximum absolute atomic E-state index is 12.7. The van der Waals surface area contributed by atoms with Gasteiger partial charge in [-0.2, -0.15) is 0 Å². The highest BCUT2D eigenvalue weighted by Gasteiger charge is 2.11. The first-order valence-corrected chi connectivity index (χ1v) is 8.34. The molecule has 7 heteroatoms. The number of fused-ring (bicyclic) bond motifs is 1. The molecule has 0 fully saturated rings. The van der Waals surface area contributed by atoms with Gasteiger partial charge in [0.2, 0.25) is 0 Å². The number of aromatic nitrogens is 2. The summed E-state index contributed by atoms with van der Waals surface area (Å²) in [5, 5.41) is 1.84. The van der Waals surface area contributed by atoms with E-state index < -0.39 is 0 Å². The number of hydrogen-bond donors (Lipinski definition) is 0. The second kappa shape index (κ2) is 8.53. The second-order valence-corrected chi connectivity index (χ2v) is 6.20. The number of hydrogen-bond acceptors (Lipinski definition) is 5. The number of ether oxygens (including phenoxy) is 2. The van der Waals surface area contributed by atoms with Gasteiger partial charge < -0.3 is 9.47 Å². The Kier molecular flexibility index (Phi) is 6.70. The van der Waals surface area contributed by atoms with E-state index in [4.69, 9.17) is 21.1 Å². The average Bonchev–Trinajstić information content (AvgIpc) is 2.50. The van der Waals surface area contributed by atoms with Crippen LogP contribution in [0.15, 0.2) is 28.2 Å². The third kappa shape index (κ3) is 4.23. The Balaban J connectivity index is 2.41. The molecule has 2 aromatic rings. The maximum atomic E-state index is 12.7. The van der Waals surface area contributed by atoms with Crippen molar-refractivity contribution in [3.8, 4) is 0 Å². The van der Waals surface area contributed by atoms with Gasteiger partial charge in [-0.3, -0.25) is 9.36 Å². The lowest BCUT2D eigenvalue weighted by molar-refractivity contribution is 0.189. The first-order valence-electron chi connectivity index (χ1n) is 6.98. The van der Waals surface area contributed by atoms with Crippen LogP contribution >= 0.6 is 23.4 Å². The number of rotatable bonds is 8. The monoisotopic (exact) mass is 342 g/mol. The Morgan fingerprint density at radius 1 is 1.27 bits per heavy atom. The van der Waals surface area contributed by atoms with Crippen LogP contribution in [-0.4, -0.2) is 42.7 Å². The van der Waals surface area contributed by atoms with Crippen molar-refractivity contribution in [2.75, 3.05) is 33.2 Å². The molecule has 1 aromatic heterocycles. The van der Waals surface area contributed by atoms with Crippen LogP contribution in [0.4, 0.5) is 0 Å². The van der Waals surface area contributed by atoms with Crippen molar-refractivity contribution in [1.82, 2.24) is 9.55 Å². The largest absolute Gasteiger partial charge is 0.385 e. The van der Waals surface area contributed by atoms with E-state index in [1.165, 1.54) is 11.8 Å². The molecule has 0 aliphatic carbocycles. The number of methoxy groups -OCH3 is 2. The van der Waals surface area contributed by atoms with Crippen LogP contribution in [0, 0.1) is 0 Å². The van der Waals surface area contributed by atoms with E-state index in [1.54, 1.807) is 37.0 Å². The van der Waals surface area contributed by atoms with Crippen LogP contribution < -0.4 is 5.56 Å². The van der Waals surface area contributed by atoms with Gasteiger partial charge in [0.15, 0.2) is 5.16 Å². The molecule has 0 unspecified atom stereocenters. The van der Waals surface area contributed by atoms with Gasteiger partial charge >= 0.3 is 0 Å². The van der Waals surface area contributed by atoms with Crippen LogP contribution in [-0.2, 0) is 16.0 Å². The molecule has 1 aromatic carbocycles. The van der Waals surface area contributed by atoms with E-state index >= 15 is 0 Å². The van der Waals surface area contributed by atoms with Gasteiger partial charge in [-0.1, -0.05) is 23.4 Å². The summed E-state index contributed by atoms with van der Waals surface area (Å²) in [4.78, 5) is 17.3. The number of nitrogens with zero attached hydrogens (tertiary/aromatic N) is 2. The quantitative estimate of drug-likeness (QED) is 0.419. The topological polar surface area (TPSA) is 53.4 Å². The molecular formula is C15H19ClN2O3S. The summed E-state index contributed by atoms with van der Waals surface area (Å²) in [6.45, 7) is 1.78. The normalized spacial score (nSPS) is 11.2. The van der Waals surface area contributed by atoms with Gasteiger partial charge in [-0.25, -0.2) is 4.98 Å². The molecule has 0 aliphatic rings. The number of halogens is 1. The highest BCUT2D eigenvalue weighted by molar-refractivity contribution is 7.99. The predicted molar refractivity (Wildman–Crippen MR) is 90.1 cm³/mol. The van der Waals surface area contributed by atoms with Crippen molar-refractivity contribution in [2.45, 2.75) is 18.1 Å². The van der Waals surface area contributed by atoms with Crippen LogP contribution in [0.2, 0.25) is 5.02 Å². The van der Waals surface area contributed by atoms with Crippen molar-refractivity contribution in [3.63, 3.8) is 0 Å². The van der Waals surface area contributed by atoms with E-state index in [0.29, 0.717) is 40.8 Å². The SMILES string of the molecule is COCCCn1c(SCCOC)nc2cc(Cl)ccc2c1=O. The fraction of sp³-hybridized carbons (Fsp3) is 0.467. The zero-order valence-corrected chi connectivity index (χ0v) is 14.2. The lowest BCUT2D eigenvalue weighted by atomic mass is 10.2. The summed E-state index contributed by atoms with van der Waals surface area (Å²) in [6, 6.07) is 5.16. The average molecular weight is 343 g/mol. The smallest absolute Gasteiger partial charge is 0.262 e. The first kappa shape index (κ1) is 17.3. The molecule has 120 valence electrons. The van der Waals surface area contributed by atoms with E-state index in [0.717, 1.165) is 12.2 Å². The van der Waals surface area contributed by atoms with Crippen LogP contribution in [0.1, 0.15) is 6.42 Å². The zero-order valence-electron chi connectivity index (χ0n) is 12.7. The number of thioether (sulfide) groups is 1. The van der Waals surface area contributed by atoms with Gasteiger partial charge in [0.1, 0.15) is 0 Å². The minimum absolute atomic E-state index is 0.0438. The minimum Gasteiger partial charge on any atom is -0.385 e. The molecule has 5 nitrogen and oxygen atoms in total. The Morgan fingerprint density at radius 3 is 2.77 bits per heavy atom. The van der Waals surface area contributed by atoms with E-state index in [-0.39, 0.29) is 5.56 Å². The van der Waals surface area contributed by atoms with E-state index in [2.05, 4.69) is 4.98 Å². The summed E-state index contributed by atoms with van der Waals surface area (Å²) in [5.74, 6) is 0.735. The van der Waals surface area contributed by atoms with Crippen LogP contribution in [0.25, 0.3) is 10.9 Å². The molecule has 0 saturated carbocycles. The lowest BCUT2D eigenvalue weighted by Crippen LogP contribution is -2.24. The third-order valence-corrected chi connectivity index (χ3v) is 4.31. The molecular weight excluding hydrogens is 324 g/mol. The van der Waals surface area contributed by atoms with Gasteiger partial charge in [0, 0.05) is 38.1 Å². The highest BCUT2D eigenvalue weighted by atomic mass is 35.5. The zero-order chi connectivity index (χ0) is 15.9. The molecule has 22 heavy (non-hydrogen) atoms. The Hall–Kier alpha value is -1.08. The summed E-state index contributed by atoms with van der Waals surface area (Å²) in [7, 11) is 3.30. The molecule has 0 N–H and O–H groups in total. The third-order valence-electron chi connectivity index (χ3n) is 3.13. The van der Waals surface area contributed by atoms with Crippen molar-refractivity contribution in [1.29, 1.82) is 0 Å². The fourth-order valence-electron chi connectivity index (χ4n) is 2.06. The van der Waals surface area contributed by atoms with E-state index in [9.17, 15) is 4.79 Å². The molecule has 0 spiro atoms. The van der Waals surface area contributed by atoms with Gasteiger partial charge in [0.25, 0.3) is 5.56 Å². The van der Waals surface area contributed by atoms with Crippen molar-refractivity contribution in [3.05, 3.63) is 33.6 Å². The number of benzene rings is 1. The first-order chi connectivity index (χ1) is 10.7. The van der Waals surface area contributed by atoms with Gasteiger partial charge in [0.05, 0.1) is 17.5 Å². The molecule has 2 rings (SSSR count). The molecule has 0 bridgehead atoms. The second-order valence-electron chi connectivity index (χ2n) is 4.70. The highest BCUT2D eigenvalue weighted by Crippen LogP contribution is 2.20. The molecule has 1 heterocycles. The van der Waals surface area contributed by atoms with Crippen molar-refractivity contribution < 1.29 is 9.47 Å². The summed E-state index contributed by atoms with van der Waals surface area (Å²) in [6.07, 6.45) is 0.759. The minimum atomic E-state index is -0.0438. The Bertz CT molecular complexity index is 690. The Labute approximate surface area is 138 Å². The molecule has 0 aliphatic heterocycles. The van der Waals surface area contributed by atoms with Crippen molar-refractivity contribution in [2.24, 2.45) is 0 Å². The maximum Gasteiger partial charge on any atom is 0.262 e. The lowest BCUT2D eigenvalue weighted by Gasteiger charge is -2.13. The fourth-order valence-corrected chi connectivity index (χ4v) is 3.16. The molecule has 0 amide bonds. The summed E-state index contributed by atoms with van der Waals surface area (Å²) in [5.41, 5.74) is 0.582. The predicted octanol–water partition coefficient (Wildman–Crippen LogP) is 2.82. The summed E-state index contributed by atoms with van der Waals surface area (Å²) >= 11 is 7.51.